The SMILES string of the molecule is C.Cc1cc(C)cc(-c2nccc3c2ccc2cc(CC(C)(C)C(F)(F)F)ccc23)c1.Cc1cc(C)cc(-c2nccc3c2ccc2cc(Cl)ccc23)c1.[CH2-]C(C)(C)C(F)(F)F.[Zn+][Br]. The van der Waals surface area contributed by atoms with Crippen molar-refractivity contribution in [3.8, 4) is 22.5 Å². The van der Waals surface area contributed by atoms with E-state index in [1.54, 1.807) is 6.20 Å². The molecule has 64 heavy (non-hydrogen) atoms. The second kappa shape index (κ2) is 20.9. The average molecular weight is 1010 g/mol. The summed E-state index contributed by atoms with van der Waals surface area (Å²) in [4.78, 5) is 9.29. The van der Waals surface area contributed by atoms with Gasteiger partial charge >= 0.3 is 42.3 Å². The summed E-state index contributed by atoms with van der Waals surface area (Å²) < 4.78 is 74.4. The van der Waals surface area contributed by atoms with Gasteiger partial charge in [-0.15, -0.1) is 0 Å². The van der Waals surface area contributed by atoms with Crippen LogP contribution in [0.15, 0.2) is 122 Å². The fourth-order valence-corrected chi connectivity index (χ4v) is 7.60. The Labute approximate surface area is 394 Å². The molecule has 2 heterocycles. The Bertz CT molecular complexity index is 2850. The number of nitrogens with zero attached hydrogens (tertiary/aromatic N) is 2. The third-order valence-electron chi connectivity index (χ3n) is 10.7. The van der Waals surface area contributed by atoms with Gasteiger partial charge in [-0.2, -0.15) is 26.3 Å². The molecule has 0 saturated carbocycles. The molecule has 0 atom stereocenters. The summed E-state index contributed by atoms with van der Waals surface area (Å²) in [5.74, 6) is 0. The van der Waals surface area contributed by atoms with Gasteiger partial charge in [0.25, 0.3) is 0 Å². The molecule has 2 nitrogen and oxygen atoms in total. The second-order valence-corrected chi connectivity index (χ2v) is 17.7. The van der Waals surface area contributed by atoms with Gasteiger partial charge < -0.3 is 6.92 Å². The molecule has 0 N–H and O–H groups in total. The summed E-state index contributed by atoms with van der Waals surface area (Å²) in [6, 6.07) is 37.0. The third kappa shape index (κ3) is 12.3. The van der Waals surface area contributed by atoms with E-state index in [2.05, 4.69) is 119 Å². The number of fused-ring (bicyclic) bond motifs is 6. The number of pyridine rings is 2. The number of alkyl halides is 6. The van der Waals surface area contributed by atoms with Crippen molar-refractivity contribution in [2.45, 2.75) is 81.6 Å². The number of halogens is 8. The van der Waals surface area contributed by atoms with Crippen LogP contribution in [-0.4, -0.2) is 22.3 Å². The zero-order chi connectivity index (χ0) is 46.7. The normalized spacial score (nSPS) is 11.9. The van der Waals surface area contributed by atoms with Gasteiger partial charge in [0.1, 0.15) is 0 Å². The minimum absolute atomic E-state index is 0. The van der Waals surface area contributed by atoms with Gasteiger partial charge in [-0.25, -0.2) is 0 Å². The van der Waals surface area contributed by atoms with Crippen LogP contribution in [0.4, 0.5) is 26.3 Å². The van der Waals surface area contributed by atoms with Crippen molar-refractivity contribution in [3.63, 3.8) is 0 Å². The van der Waals surface area contributed by atoms with Crippen LogP contribution in [0.25, 0.3) is 65.6 Å². The topological polar surface area (TPSA) is 25.8 Å². The second-order valence-electron chi connectivity index (χ2n) is 17.3. The van der Waals surface area contributed by atoms with Gasteiger partial charge in [0.15, 0.2) is 0 Å². The molecule has 8 rings (SSSR count). The van der Waals surface area contributed by atoms with Crippen LogP contribution >= 0.6 is 25.2 Å². The van der Waals surface area contributed by atoms with Crippen LogP contribution in [-0.2, 0) is 22.8 Å². The van der Waals surface area contributed by atoms with Crippen molar-refractivity contribution < 1.29 is 42.7 Å². The summed E-state index contributed by atoms with van der Waals surface area (Å²) in [6.07, 6.45) is -4.77. The summed E-state index contributed by atoms with van der Waals surface area (Å²) in [5.41, 5.74) is 6.18. The van der Waals surface area contributed by atoms with Gasteiger partial charge in [0.2, 0.25) is 0 Å². The monoisotopic (exact) mass is 1010 g/mol. The molecule has 0 aliphatic carbocycles. The third-order valence-corrected chi connectivity index (χ3v) is 11.0. The molecule has 2 aromatic heterocycles. The van der Waals surface area contributed by atoms with Gasteiger partial charge in [0, 0.05) is 39.3 Å². The van der Waals surface area contributed by atoms with Gasteiger partial charge in [-0.05, 0) is 121 Å². The van der Waals surface area contributed by atoms with E-state index >= 15 is 0 Å². The Hall–Kier alpha value is -4.37. The van der Waals surface area contributed by atoms with E-state index < -0.39 is 23.2 Å². The maximum absolute atomic E-state index is 13.3. The van der Waals surface area contributed by atoms with Crippen LogP contribution in [0.5, 0.6) is 0 Å². The molecule has 0 amide bonds. The Kier molecular flexibility index (Phi) is 17.0. The predicted octanol–water partition coefficient (Wildman–Crippen LogP) is 18.0. The molecule has 0 radical (unpaired) electrons. The summed E-state index contributed by atoms with van der Waals surface area (Å²) >= 11 is 10.4. The Morgan fingerprint density at radius 1 is 0.516 bits per heavy atom. The molecular formula is C53H52BrClF6N2Zn. The average Bonchev–Trinajstić information content (AvgIpc) is 3.19. The van der Waals surface area contributed by atoms with Gasteiger partial charge in [-0.1, -0.05) is 135 Å². The summed E-state index contributed by atoms with van der Waals surface area (Å²) in [7, 11) is 0. The molecule has 6 aromatic carbocycles. The van der Waals surface area contributed by atoms with E-state index in [1.807, 2.05) is 54.7 Å². The first-order chi connectivity index (χ1) is 29.4. The first-order valence-corrected chi connectivity index (χ1v) is 27.4. The molecule has 0 bridgehead atoms. The van der Waals surface area contributed by atoms with Crippen molar-refractivity contribution in [2.75, 3.05) is 0 Å². The Morgan fingerprint density at radius 2 is 0.891 bits per heavy atom. The molecule has 0 spiro atoms. The maximum atomic E-state index is 13.3. The first kappa shape index (κ1) is 52.3. The molecule has 0 unspecified atom stereocenters. The first-order valence-electron chi connectivity index (χ1n) is 20.1. The van der Waals surface area contributed by atoms with E-state index in [1.165, 1.54) is 74.2 Å². The summed E-state index contributed by atoms with van der Waals surface area (Å²) in [5, 5.41) is 9.57. The van der Waals surface area contributed by atoms with Crippen LogP contribution in [0.2, 0.25) is 5.02 Å². The Balaban J connectivity index is 0.000000234. The van der Waals surface area contributed by atoms with Crippen LogP contribution in [0, 0.1) is 45.4 Å². The molecule has 0 saturated heterocycles. The van der Waals surface area contributed by atoms with Crippen LogP contribution < -0.4 is 0 Å². The van der Waals surface area contributed by atoms with E-state index in [0.29, 0.717) is 5.56 Å². The van der Waals surface area contributed by atoms with E-state index in [4.69, 9.17) is 11.6 Å². The number of aromatic nitrogens is 2. The summed E-state index contributed by atoms with van der Waals surface area (Å²) in [6.45, 7) is 15.9. The molecular weight excluding hydrogens is 959 g/mol. The fraction of sp³-hybridized carbons (Fsp3) is 0.264. The van der Waals surface area contributed by atoms with Crippen molar-refractivity contribution >= 4 is 68.3 Å². The number of benzene rings is 6. The number of hydrogen-bond acceptors (Lipinski definition) is 2. The molecule has 332 valence electrons. The molecule has 0 aliphatic heterocycles. The number of hydrogen-bond donors (Lipinski definition) is 0. The van der Waals surface area contributed by atoms with Crippen molar-refractivity contribution in [2.24, 2.45) is 10.8 Å². The minimum atomic E-state index is -4.24. The molecule has 8 aromatic rings. The van der Waals surface area contributed by atoms with E-state index in [9.17, 15) is 26.3 Å². The number of rotatable bonds is 4. The fourth-order valence-electron chi connectivity index (χ4n) is 7.42. The van der Waals surface area contributed by atoms with Crippen molar-refractivity contribution in [3.05, 3.63) is 161 Å². The van der Waals surface area contributed by atoms with Crippen LogP contribution in [0.1, 0.15) is 62.9 Å². The molecule has 0 aliphatic rings. The zero-order valence-corrected chi connectivity index (χ0v) is 41.9. The predicted molar refractivity (Wildman–Crippen MR) is 258 cm³/mol. The van der Waals surface area contributed by atoms with Crippen molar-refractivity contribution in [1.29, 1.82) is 0 Å². The number of aryl methyl sites for hydroxylation is 4. The van der Waals surface area contributed by atoms with Crippen molar-refractivity contribution in [1.82, 2.24) is 9.97 Å². The van der Waals surface area contributed by atoms with Gasteiger partial charge in [-0.3, -0.25) is 9.97 Å². The van der Waals surface area contributed by atoms with E-state index in [0.717, 1.165) is 62.8 Å². The van der Waals surface area contributed by atoms with E-state index in [-0.39, 0.29) is 13.8 Å². The molecule has 11 heteroatoms. The molecule has 0 fully saturated rings. The van der Waals surface area contributed by atoms with Gasteiger partial charge in [0.05, 0.1) is 16.8 Å². The zero-order valence-electron chi connectivity index (χ0n) is 36.6. The Morgan fingerprint density at radius 3 is 1.28 bits per heavy atom. The standard InChI is InChI=1S/C26H24F3N.C21H16ClN.C5H8F3.CH4.BrH.Zn/c1-16-11-17(2)13-20(12-16)24-23-8-6-19-14-18(15-25(3,4)26(27,28)29)5-7-21(19)22(23)9-10-30-24;1-13-9-14(2)11-16(10-13)21-20-5-3-15-12-17(22)4-6-18(15)19(20)7-8-23-21;1-4(2,3)5(6,7)8;;;/h5-14H,15H2,1-4H3;3-12H,1-2H3;1H2,2-3H3;1H4;1H;/q;;-1;;;+2/p-1. The van der Waals surface area contributed by atoms with Crippen LogP contribution in [0.3, 0.4) is 0 Å². The quantitative estimate of drug-likeness (QED) is 0.0760.